The molecular weight excluding hydrogens is 120 g/mol. The Morgan fingerprint density at radius 1 is 1.50 bits per heavy atom. The Morgan fingerprint density at radius 2 is 2.00 bits per heavy atom. The zero-order valence-electron chi connectivity index (χ0n) is 6.02. The largest absolute Gasteiger partial charge is 0.318 e. The average molecular weight is 134 g/mol. The highest BCUT2D eigenvalue weighted by molar-refractivity contribution is 7.96. The minimum atomic E-state index is 0.286. The minimum absolute atomic E-state index is 0.286. The van der Waals surface area contributed by atoms with Crippen LogP contribution in [-0.2, 0) is 4.18 Å². The molecule has 0 rings (SSSR count). The molecule has 8 heavy (non-hydrogen) atoms. The molecule has 1 nitrogen and oxygen atoms in total. The number of hydrogen-bond donors (Lipinski definition) is 0. The zero-order valence-corrected chi connectivity index (χ0v) is 6.84. The van der Waals surface area contributed by atoms with Crippen molar-refractivity contribution in [3.05, 3.63) is 0 Å². The summed E-state index contributed by atoms with van der Waals surface area (Å²) in [5.74, 6) is 0. The van der Waals surface area contributed by atoms with Crippen molar-refractivity contribution >= 4 is 12.0 Å². The van der Waals surface area contributed by atoms with Crippen LogP contribution in [0.5, 0.6) is 0 Å². The fourth-order valence-electron chi connectivity index (χ4n) is 0.285. The fraction of sp³-hybridized carbons (Fsp3) is 1.00. The topological polar surface area (TPSA) is 9.23 Å². The van der Waals surface area contributed by atoms with Gasteiger partial charge in [-0.25, -0.2) is 0 Å². The summed E-state index contributed by atoms with van der Waals surface area (Å²) in [5, 5.41) is 0. The molecule has 0 bridgehead atoms. The van der Waals surface area contributed by atoms with Gasteiger partial charge in [0.25, 0.3) is 0 Å². The molecule has 0 aromatic heterocycles. The van der Waals surface area contributed by atoms with Crippen molar-refractivity contribution in [3.63, 3.8) is 0 Å². The fourth-order valence-corrected chi connectivity index (χ4v) is 0.854. The van der Waals surface area contributed by atoms with Crippen LogP contribution in [-0.4, -0.2) is 11.9 Å². The van der Waals surface area contributed by atoms with Gasteiger partial charge in [0.05, 0.1) is 7.11 Å². The third kappa shape index (κ3) is 3.33. The Bertz CT molecular complexity index is 61.5. The summed E-state index contributed by atoms with van der Waals surface area (Å²) in [6.45, 7) is 6.49. The molecule has 0 aromatic rings. The molecule has 0 unspecified atom stereocenters. The van der Waals surface area contributed by atoms with Gasteiger partial charge in [-0.2, -0.15) is 0 Å². The molecule has 2 heteroatoms. The molecule has 0 aromatic carbocycles. The van der Waals surface area contributed by atoms with Gasteiger partial charge in [0.1, 0.15) is 0 Å². The highest BCUT2D eigenvalue weighted by Gasteiger charge is 2.14. The maximum absolute atomic E-state index is 4.91. The highest BCUT2D eigenvalue weighted by Crippen LogP contribution is 2.26. The van der Waals surface area contributed by atoms with Crippen LogP contribution in [0.15, 0.2) is 0 Å². The number of hydrogen-bond acceptors (Lipinski definition) is 2. The van der Waals surface area contributed by atoms with Crippen LogP contribution in [0.25, 0.3) is 0 Å². The van der Waals surface area contributed by atoms with Gasteiger partial charge in [0.15, 0.2) is 0 Å². The highest BCUT2D eigenvalue weighted by atomic mass is 32.2. The predicted molar refractivity (Wildman–Crippen MR) is 39.0 cm³/mol. The molecule has 0 saturated heterocycles. The second-order valence-electron chi connectivity index (χ2n) is 2.36. The normalized spacial score (nSPS) is 12.0. The van der Waals surface area contributed by atoms with Crippen molar-refractivity contribution in [1.29, 1.82) is 0 Å². The summed E-state index contributed by atoms with van der Waals surface area (Å²) >= 11 is 1.53. The van der Waals surface area contributed by atoms with E-state index >= 15 is 0 Å². The molecule has 0 amide bonds. The molecule has 0 aliphatic carbocycles. The first-order valence-electron chi connectivity index (χ1n) is 2.84. The van der Waals surface area contributed by atoms with Crippen molar-refractivity contribution < 1.29 is 4.18 Å². The van der Waals surface area contributed by atoms with Crippen molar-refractivity contribution in [1.82, 2.24) is 0 Å². The lowest BCUT2D eigenvalue weighted by Gasteiger charge is -2.18. The van der Waals surface area contributed by atoms with E-state index in [1.54, 1.807) is 7.11 Å². The van der Waals surface area contributed by atoms with E-state index in [1.165, 1.54) is 12.0 Å². The minimum Gasteiger partial charge on any atom is -0.318 e. The summed E-state index contributed by atoms with van der Waals surface area (Å²) in [6.07, 6.45) is 1.14. The molecule has 0 fully saturated rings. The Morgan fingerprint density at radius 3 is 2.12 bits per heavy atom. The summed E-state index contributed by atoms with van der Waals surface area (Å²) in [7, 11) is 1.71. The molecule has 50 valence electrons. The smallest absolute Gasteiger partial charge is 0.0503 e. The van der Waals surface area contributed by atoms with E-state index in [2.05, 4.69) is 20.8 Å². The van der Waals surface area contributed by atoms with Gasteiger partial charge in [-0.05, 0) is 32.3 Å². The number of rotatable bonds is 3. The first-order chi connectivity index (χ1) is 3.62. The first kappa shape index (κ1) is 8.31. The monoisotopic (exact) mass is 134 g/mol. The summed E-state index contributed by atoms with van der Waals surface area (Å²) in [5.41, 5.74) is 0. The SMILES string of the molecule is CCC(C)(C)SOC. The van der Waals surface area contributed by atoms with Crippen molar-refractivity contribution in [2.75, 3.05) is 7.11 Å². The Balaban J connectivity index is 3.37. The van der Waals surface area contributed by atoms with E-state index < -0.39 is 0 Å². The third-order valence-electron chi connectivity index (χ3n) is 1.16. The molecule has 0 atom stereocenters. The molecule has 0 N–H and O–H groups in total. The van der Waals surface area contributed by atoms with E-state index in [0.717, 1.165) is 6.42 Å². The van der Waals surface area contributed by atoms with Crippen LogP contribution < -0.4 is 0 Å². The standard InChI is InChI=1S/C6H14OS/c1-5-6(2,3)8-7-4/h5H2,1-4H3. The summed E-state index contributed by atoms with van der Waals surface area (Å²) in [4.78, 5) is 0. The van der Waals surface area contributed by atoms with Gasteiger partial charge >= 0.3 is 0 Å². The predicted octanol–water partition coefficient (Wildman–Crippen LogP) is 2.47. The molecule has 0 saturated carbocycles. The van der Waals surface area contributed by atoms with Crippen LogP contribution in [0.2, 0.25) is 0 Å². The van der Waals surface area contributed by atoms with E-state index in [4.69, 9.17) is 4.18 Å². The lowest BCUT2D eigenvalue weighted by molar-refractivity contribution is 0.467. The van der Waals surface area contributed by atoms with E-state index in [-0.39, 0.29) is 4.75 Å². The van der Waals surface area contributed by atoms with Crippen LogP contribution in [0.1, 0.15) is 27.2 Å². The zero-order chi connectivity index (χ0) is 6.62. The van der Waals surface area contributed by atoms with Gasteiger partial charge in [0.2, 0.25) is 0 Å². The van der Waals surface area contributed by atoms with Gasteiger partial charge < -0.3 is 4.18 Å². The molecular formula is C6H14OS. The maximum atomic E-state index is 4.91. The molecule has 0 aliphatic rings. The lowest BCUT2D eigenvalue weighted by atomic mass is 10.1. The van der Waals surface area contributed by atoms with E-state index in [9.17, 15) is 0 Å². The van der Waals surface area contributed by atoms with Crippen molar-refractivity contribution in [3.8, 4) is 0 Å². The quantitative estimate of drug-likeness (QED) is 0.548. The molecule has 0 spiro atoms. The second-order valence-corrected chi connectivity index (χ2v) is 3.97. The molecule has 0 heterocycles. The van der Waals surface area contributed by atoms with Gasteiger partial charge in [-0.15, -0.1) is 0 Å². The first-order valence-corrected chi connectivity index (χ1v) is 3.58. The van der Waals surface area contributed by atoms with E-state index in [1.807, 2.05) is 0 Å². The van der Waals surface area contributed by atoms with Crippen molar-refractivity contribution in [2.24, 2.45) is 0 Å². The third-order valence-corrected chi connectivity index (χ3v) is 2.07. The van der Waals surface area contributed by atoms with Gasteiger partial charge in [-0.3, -0.25) is 0 Å². The second kappa shape index (κ2) is 3.36. The van der Waals surface area contributed by atoms with Gasteiger partial charge in [-0.1, -0.05) is 6.92 Å². The molecule has 0 aliphatic heterocycles. The van der Waals surface area contributed by atoms with Crippen LogP contribution in [0.4, 0.5) is 0 Å². The van der Waals surface area contributed by atoms with Gasteiger partial charge in [0, 0.05) is 4.75 Å². The Hall–Kier alpha value is 0.310. The van der Waals surface area contributed by atoms with Crippen LogP contribution >= 0.6 is 12.0 Å². The average Bonchev–Trinajstić information content (AvgIpc) is 1.67. The van der Waals surface area contributed by atoms with Crippen LogP contribution in [0, 0.1) is 0 Å². The maximum Gasteiger partial charge on any atom is 0.0503 e. The van der Waals surface area contributed by atoms with E-state index in [0.29, 0.717) is 0 Å². The molecule has 0 radical (unpaired) electrons. The summed E-state index contributed by atoms with van der Waals surface area (Å²) < 4.78 is 5.20. The Kier molecular flexibility index (Phi) is 3.49. The van der Waals surface area contributed by atoms with Crippen molar-refractivity contribution in [2.45, 2.75) is 31.9 Å². The Labute approximate surface area is 56.0 Å². The van der Waals surface area contributed by atoms with Crippen LogP contribution in [0.3, 0.4) is 0 Å². The summed E-state index contributed by atoms with van der Waals surface area (Å²) in [6, 6.07) is 0. The lowest BCUT2D eigenvalue weighted by Crippen LogP contribution is -2.11.